The zero-order valence-electron chi connectivity index (χ0n) is 14.6. The predicted molar refractivity (Wildman–Crippen MR) is 89.1 cm³/mol. The number of carbonyl (C=O) groups excluding carboxylic acids is 1. The number of fused-ring (bicyclic) bond motifs is 5. The fraction of sp³-hybridized carbons (Fsp3) is 0.800. The SMILES string of the molecule is C[C@]12CCC3C(C(=C(F)F)C[C@H]4CC(=N)CC[C@]34C)C1CCC2=O. The maximum absolute atomic E-state index is 13.9. The van der Waals surface area contributed by atoms with Crippen molar-refractivity contribution in [3.63, 3.8) is 0 Å². The summed E-state index contributed by atoms with van der Waals surface area (Å²) >= 11 is 0. The summed E-state index contributed by atoms with van der Waals surface area (Å²) < 4.78 is 27.8. The number of Topliss-reactive ketones (excluding diaryl/α,β-unsaturated/α-hetero) is 1. The van der Waals surface area contributed by atoms with Gasteiger partial charge in [-0.25, -0.2) is 0 Å². The average Bonchev–Trinajstić information content (AvgIpc) is 2.83. The number of rotatable bonds is 0. The second kappa shape index (κ2) is 5.22. The van der Waals surface area contributed by atoms with Crippen molar-refractivity contribution in [2.45, 2.75) is 65.2 Å². The molecule has 0 saturated heterocycles. The third-order valence-corrected chi connectivity index (χ3v) is 8.33. The molecular formula is C20H27F2NO. The lowest BCUT2D eigenvalue weighted by Gasteiger charge is -2.60. The number of hydrogen-bond acceptors (Lipinski definition) is 2. The van der Waals surface area contributed by atoms with Crippen LogP contribution in [0.1, 0.15) is 65.2 Å². The topological polar surface area (TPSA) is 40.9 Å². The number of halogens is 2. The van der Waals surface area contributed by atoms with E-state index in [4.69, 9.17) is 5.41 Å². The lowest BCUT2D eigenvalue weighted by molar-refractivity contribution is -0.133. The highest BCUT2D eigenvalue weighted by Gasteiger charge is 2.61. The first-order valence-corrected chi connectivity index (χ1v) is 9.41. The fourth-order valence-electron chi connectivity index (χ4n) is 6.79. The van der Waals surface area contributed by atoms with Crippen molar-refractivity contribution in [2.24, 2.45) is 34.5 Å². The van der Waals surface area contributed by atoms with Crippen molar-refractivity contribution >= 4 is 11.5 Å². The van der Waals surface area contributed by atoms with Crippen LogP contribution in [0.25, 0.3) is 0 Å². The summed E-state index contributed by atoms with van der Waals surface area (Å²) in [4.78, 5) is 12.5. The van der Waals surface area contributed by atoms with Crippen LogP contribution in [0.2, 0.25) is 0 Å². The molecule has 4 aliphatic carbocycles. The molecule has 1 N–H and O–H groups in total. The molecule has 4 saturated carbocycles. The molecule has 0 aliphatic heterocycles. The second-order valence-corrected chi connectivity index (χ2v) is 9.16. The molecule has 3 unspecified atom stereocenters. The molecule has 0 aromatic carbocycles. The van der Waals surface area contributed by atoms with Crippen LogP contribution >= 0.6 is 0 Å². The number of carbonyl (C=O) groups is 1. The molecule has 0 heterocycles. The minimum atomic E-state index is -1.51. The average molecular weight is 335 g/mol. The van der Waals surface area contributed by atoms with Gasteiger partial charge < -0.3 is 5.41 Å². The zero-order chi connectivity index (χ0) is 17.3. The standard InChI is InChI=1S/C20H27F2NO/c1-19-7-5-12(23)9-11(19)10-13(18(21)22)17-14-3-4-16(24)20(14,2)8-6-15(17)19/h11,14-15,17,23H,3-10H2,1-2H3/t11-,14?,15?,17?,19+,20+/m1/s1. The molecular weight excluding hydrogens is 308 g/mol. The van der Waals surface area contributed by atoms with Gasteiger partial charge in [-0.1, -0.05) is 13.8 Å². The van der Waals surface area contributed by atoms with Gasteiger partial charge in [0, 0.05) is 17.5 Å². The molecule has 4 rings (SSSR count). The minimum Gasteiger partial charge on any atom is -0.310 e. The molecule has 4 heteroatoms. The van der Waals surface area contributed by atoms with Crippen LogP contribution in [0.15, 0.2) is 11.7 Å². The largest absolute Gasteiger partial charge is 0.310 e. The Kier molecular flexibility index (Phi) is 3.57. The first-order chi connectivity index (χ1) is 11.3. The van der Waals surface area contributed by atoms with Crippen LogP contribution in [-0.2, 0) is 4.79 Å². The Morgan fingerprint density at radius 3 is 2.54 bits per heavy atom. The summed E-state index contributed by atoms with van der Waals surface area (Å²) in [5, 5.41) is 8.03. The molecule has 0 aromatic heterocycles. The van der Waals surface area contributed by atoms with E-state index in [9.17, 15) is 13.6 Å². The first-order valence-electron chi connectivity index (χ1n) is 9.41. The quantitative estimate of drug-likeness (QED) is 0.634. The van der Waals surface area contributed by atoms with E-state index >= 15 is 0 Å². The predicted octanol–water partition coefficient (Wildman–Crippen LogP) is 5.38. The van der Waals surface area contributed by atoms with E-state index in [2.05, 4.69) is 6.92 Å². The molecule has 0 bridgehead atoms. The molecule has 0 radical (unpaired) electrons. The third kappa shape index (κ3) is 2.04. The van der Waals surface area contributed by atoms with Gasteiger partial charge in [0.2, 0.25) is 0 Å². The van der Waals surface area contributed by atoms with Gasteiger partial charge in [-0.2, -0.15) is 8.78 Å². The zero-order valence-corrected chi connectivity index (χ0v) is 14.6. The fourth-order valence-corrected chi connectivity index (χ4v) is 6.79. The van der Waals surface area contributed by atoms with Gasteiger partial charge in [-0.15, -0.1) is 0 Å². The van der Waals surface area contributed by atoms with E-state index in [-0.39, 0.29) is 34.5 Å². The van der Waals surface area contributed by atoms with E-state index < -0.39 is 6.08 Å². The Balaban J connectivity index is 1.79. The lowest BCUT2D eigenvalue weighted by atomic mass is 9.44. The van der Waals surface area contributed by atoms with Crippen LogP contribution in [-0.4, -0.2) is 11.5 Å². The highest BCUT2D eigenvalue weighted by molar-refractivity contribution is 5.87. The first kappa shape index (κ1) is 16.4. The minimum absolute atomic E-state index is 0.0567. The Morgan fingerprint density at radius 2 is 1.83 bits per heavy atom. The van der Waals surface area contributed by atoms with Gasteiger partial charge in [0.1, 0.15) is 5.78 Å². The molecule has 4 aliphatic rings. The van der Waals surface area contributed by atoms with E-state index in [1.807, 2.05) is 6.92 Å². The van der Waals surface area contributed by atoms with Gasteiger partial charge in [0.15, 0.2) is 0 Å². The number of allylic oxidation sites excluding steroid dienone is 1. The van der Waals surface area contributed by atoms with Crippen molar-refractivity contribution in [2.75, 3.05) is 0 Å². The summed E-state index contributed by atoms with van der Waals surface area (Å²) in [6.45, 7) is 4.32. The monoisotopic (exact) mass is 335 g/mol. The van der Waals surface area contributed by atoms with Gasteiger partial charge >= 0.3 is 0 Å². The normalized spacial score (nSPS) is 47.9. The maximum Gasteiger partial charge on any atom is 0.269 e. The number of ketones is 1. The van der Waals surface area contributed by atoms with Gasteiger partial charge in [-0.3, -0.25) is 4.79 Å². The summed E-state index contributed by atoms with van der Waals surface area (Å²) in [7, 11) is 0. The Bertz CT molecular complexity index is 638. The smallest absolute Gasteiger partial charge is 0.269 e. The second-order valence-electron chi connectivity index (χ2n) is 9.16. The van der Waals surface area contributed by atoms with Crippen LogP contribution in [0.3, 0.4) is 0 Å². The number of nitrogens with one attached hydrogen (secondary N) is 1. The molecule has 0 spiro atoms. The van der Waals surface area contributed by atoms with Crippen LogP contribution in [0.4, 0.5) is 8.78 Å². The van der Waals surface area contributed by atoms with Crippen molar-refractivity contribution in [3.05, 3.63) is 11.7 Å². The summed E-state index contributed by atoms with van der Waals surface area (Å²) in [5.41, 5.74) is 0.738. The molecule has 24 heavy (non-hydrogen) atoms. The Hall–Kier alpha value is -1.06. The van der Waals surface area contributed by atoms with E-state index in [1.165, 1.54) is 0 Å². The van der Waals surface area contributed by atoms with Crippen molar-refractivity contribution in [1.29, 1.82) is 5.41 Å². The van der Waals surface area contributed by atoms with Gasteiger partial charge in [0.25, 0.3) is 6.08 Å². The number of hydrogen-bond donors (Lipinski definition) is 1. The summed E-state index contributed by atoms with van der Waals surface area (Å²) in [5.74, 6) is 0.707. The Morgan fingerprint density at radius 1 is 1.08 bits per heavy atom. The van der Waals surface area contributed by atoms with Crippen molar-refractivity contribution in [3.8, 4) is 0 Å². The molecule has 4 fully saturated rings. The van der Waals surface area contributed by atoms with E-state index in [0.29, 0.717) is 30.6 Å². The van der Waals surface area contributed by atoms with Crippen LogP contribution in [0.5, 0.6) is 0 Å². The summed E-state index contributed by atoms with van der Waals surface area (Å²) in [6, 6.07) is 0. The molecule has 6 atom stereocenters. The van der Waals surface area contributed by atoms with E-state index in [1.54, 1.807) is 0 Å². The molecule has 0 aromatic rings. The molecule has 2 nitrogen and oxygen atoms in total. The van der Waals surface area contributed by atoms with Gasteiger partial charge in [-0.05, 0) is 79.6 Å². The summed E-state index contributed by atoms with van der Waals surface area (Å²) in [6.07, 6.45) is 4.47. The third-order valence-electron chi connectivity index (χ3n) is 8.33. The van der Waals surface area contributed by atoms with Crippen LogP contribution < -0.4 is 0 Å². The Labute approximate surface area is 142 Å². The van der Waals surface area contributed by atoms with Gasteiger partial charge in [0.05, 0.1) is 0 Å². The van der Waals surface area contributed by atoms with Crippen molar-refractivity contribution < 1.29 is 13.6 Å². The highest BCUT2D eigenvalue weighted by Crippen LogP contribution is 2.66. The maximum atomic E-state index is 13.9. The van der Waals surface area contributed by atoms with E-state index in [0.717, 1.165) is 37.8 Å². The molecule has 0 amide bonds. The molecule has 132 valence electrons. The highest BCUT2D eigenvalue weighted by atomic mass is 19.3. The van der Waals surface area contributed by atoms with Crippen molar-refractivity contribution in [1.82, 2.24) is 0 Å². The lowest BCUT2D eigenvalue weighted by Crippen LogP contribution is -2.54. The van der Waals surface area contributed by atoms with Crippen LogP contribution in [0, 0.1) is 39.9 Å².